The Balaban J connectivity index is 1.89. The summed E-state index contributed by atoms with van der Waals surface area (Å²) in [6.45, 7) is 7.35. The van der Waals surface area contributed by atoms with Crippen LogP contribution in [0.3, 0.4) is 0 Å². The molecule has 1 heterocycles. The monoisotopic (exact) mass is 261 g/mol. The molecule has 1 aliphatic carbocycles. The van der Waals surface area contributed by atoms with Crippen molar-refractivity contribution >= 4 is 0 Å². The quantitative estimate of drug-likeness (QED) is 0.860. The fourth-order valence-corrected chi connectivity index (χ4v) is 3.70. The highest BCUT2D eigenvalue weighted by atomic mass is 16.5. The van der Waals surface area contributed by atoms with E-state index < -0.39 is 0 Å². The Morgan fingerprint density at radius 3 is 2.74 bits per heavy atom. The number of nitrogens with one attached hydrogen (secondary N) is 1. The Kier molecular flexibility index (Phi) is 3.27. The molecular weight excluding hydrogens is 238 g/mol. The number of phenols is 1. The fraction of sp³-hybridized carbons (Fsp3) is 0.625. The van der Waals surface area contributed by atoms with Crippen LogP contribution in [0.2, 0.25) is 0 Å². The lowest BCUT2D eigenvalue weighted by atomic mass is 9.97. The normalized spacial score (nSPS) is 33.6. The first kappa shape index (κ1) is 12.9. The maximum absolute atomic E-state index is 10.2. The van der Waals surface area contributed by atoms with Gasteiger partial charge in [0.25, 0.3) is 0 Å². The summed E-state index contributed by atoms with van der Waals surface area (Å²) in [5.41, 5.74) is 3.75. The van der Waals surface area contributed by atoms with Crippen LogP contribution in [0.1, 0.15) is 55.3 Å². The Bertz CT molecular complexity index is 486. The maximum atomic E-state index is 10.2. The van der Waals surface area contributed by atoms with E-state index in [2.05, 4.69) is 26.1 Å². The van der Waals surface area contributed by atoms with Gasteiger partial charge in [-0.05, 0) is 49.8 Å². The van der Waals surface area contributed by atoms with Gasteiger partial charge in [-0.3, -0.25) is 0 Å². The van der Waals surface area contributed by atoms with Crippen LogP contribution in [-0.2, 0) is 4.74 Å². The highest BCUT2D eigenvalue weighted by Gasteiger charge is 2.35. The lowest BCUT2D eigenvalue weighted by Gasteiger charge is -2.22. The molecule has 1 aromatic rings. The van der Waals surface area contributed by atoms with Crippen LogP contribution >= 0.6 is 0 Å². The van der Waals surface area contributed by atoms with Crippen molar-refractivity contribution in [1.82, 2.24) is 5.32 Å². The van der Waals surface area contributed by atoms with E-state index in [9.17, 15) is 5.11 Å². The van der Waals surface area contributed by atoms with Crippen molar-refractivity contribution in [3.63, 3.8) is 0 Å². The molecule has 4 unspecified atom stereocenters. The van der Waals surface area contributed by atoms with Crippen LogP contribution in [0.25, 0.3) is 0 Å². The lowest BCUT2D eigenvalue weighted by Crippen LogP contribution is -2.36. The molecule has 1 aliphatic heterocycles. The number of phenolic OH excluding ortho intramolecular Hbond substituents is 1. The van der Waals surface area contributed by atoms with Gasteiger partial charge in [0.1, 0.15) is 5.75 Å². The summed E-state index contributed by atoms with van der Waals surface area (Å²) in [4.78, 5) is 0. The topological polar surface area (TPSA) is 41.5 Å². The minimum atomic E-state index is 0.263. The third kappa shape index (κ3) is 2.15. The number of aryl methyl sites for hydroxylation is 1. The van der Waals surface area contributed by atoms with E-state index in [1.807, 2.05) is 12.1 Å². The summed E-state index contributed by atoms with van der Waals surface area (Å²) in [6, 6.07) is 4.52. The average molecular weight is 261 g/mol. The van der Waals surface area contributed by atoms with E-state index in [0.717, 1.165) is 25.0 Å². The molecule has 0 saturated carbocycles. The summed E-state index contributed by atoms with van der Waals surface area (Å²) in [6.07, 6.45) is 2.40. The predicted octanol–water partition coefficient (Wildman–Crippen LogP) is 3.02. The highest BCUT2D eigenvalue weighted by molar-refractivity contribution is 5.50. The summed E-state index contributed by atoms with van der Waals surface area (Å²) < 4.78 is 5.62. The molecule has 1 saturated heterocycles. The maximum Gasteiger partial charge on any atom is 0.120 e. The second-order valence-corrected chi connectivity index (χ2v) is 6.06. The minimum Gasteiger partial charge on any atom is -0.508 e. The number of hydrogen-bond donors (Lipinski definition) is 2. The Morgan fingerprint density at radius 2 is 2.05 bits per heavy atom. The number of ether oxygens (including phenoxy) is 1. The van der Waals surface area contributed by atoms with Gasteiger partial charge in [0.2, 0.25) is 0 Å². The molecule has 0 spiro atoms. The molecular formula is C16H23NO2. The minimum absolute atomic E-state index is 0.263. The van der Waals surface area contributed by atoms with E-state index in [0.29, 0.717) is 17.7 Å². The molecule has 0 radical (unpaired) electrons. The predicted molar refractivity (Wildman–Crippen MR) is 75.6 cm³/mol. The zero-order valence-corrected chi connectivity index (χ0v) is 11.9. The summed E-state index contributed by atoms with van der Waals surface area (Å²) in [7, 11) is 0. The number of fused-ring (bicyclic) bond motifs is 1. The van der Waals surface area contributed by atoms with Gasteiger partial charge in [-0.25, -0.2) is 0 Å². The van der Waals surface area contributed by atoms with Crippen LogP contribution < -0.4 is 5.32 Å². The fourth-order valence-electron chi connectivity index (χ4n) is 3.70. The third-order valence-electron chi connectivity index (χ3n) is 4.70. The summed E-state index contributed by atoms with van der Waals surface area (Å²) in [5.74, 6) is 0.950. The highest BCUT2D eigenvalue weighted by Crippen LogP contribution is 2.46. The molecule has 3 rings (SSSR count). The molecule has 2 aliphatic rings. The van der Waals surface area contributed by atoms with Gasteiger partial charge in [0, 0.05) is 24.3 Å². The molecule has 2 N–H and O–H groups in total. The van der Waals surface area contributed by atoms with Gasteiger partial charge in [0.15, 0.2) is 0 Å². The molecule has 1 fully saturated rings. The van der Waals surface area contributed by atoms with Crippen molar-refractivity contribution in [3.05, 3.63) is 28.8 Å². The first-order chi connectivity index (χ1) is 9.08. The van der Waals surface area contributed by atoms with E-state index in [-0.39, 0.29) is 12.1 Å². The van der Waals surface area contributed by atoms with Crippen LogP contribution in [0.15, 0.2) is 12.1 Å². The molecule has 3 nitrogen and oxygen atoms in total. The Hall–Kier alpha value is -1.06. The van der Waals surface area contributed by atoms with Crippen LogP contribution in [0, 0.1) is 6.92 Å². The molecule has 1 aromatic carbocycles. The molecule has 0 bridgehead atoms. The number of hydrogen-bond acceptors (Lipinski definition) is 3. The van der Waals surface area contributed by atoms with E-state index in [4.69, 9.17) is 4.74 Å². The second kappa shape index (κ2) is 4.80. The van der Waals surface area contributed by atoms with Gasteiger partial charge < -0.3 is 15.2 Å². The van der Waals surface area contributed by atoms with E-state index >= 15 is 0 Å². The van der Waals surface area contributed by atoms with Gasteiger partial charge in [-0.2, -0.15) is 0 Å². The smallest absolute Gasteiger partial charge is 0.120 e. The Labute approximate surface area is 115 Å². The number of benzene rings is 1. The third-order valence-corrected chi connectivity index (χ3v) is 4.70. The largest absolute Gasteiger partial charge is 0.508 e. The van der Waals surface area contributed by atoms with Crippen molar-refractivity contribution in [2.24, 2.45) is 0 Å². The zero-order chi connectivity index (χ0) is 13.6. The van der Waals surface area contributed by atoms with Crippen molar-refractivity contribution < 1.29 is 9.84 Å². The molecule has 3 heteroatoms. The van der Waals surface area contributed by atoms with Crippen LogP contribution in [-0.4, -0.2) is 23.9 Å². The second-order valence-electron chi connectivity index (χ2n) is 6.06. The first-order valence-electron chi connectivity index (χ1n) is 7.28. The van der Waals surface area contributed by atoms with E-state index in [1.54, 1.807) is 0 Å². The van der Waals surface area contributed by atoms with Gasteiger partial charge in [-0.15, -0.1) is 0 Å². The zero-order valence-electron chi connectivity index (χ0n) is 11.9. The Morgan fingerprint density at radius 1 is 1.26 bits per heavy atom. The average Bonchev–Trinajstić information content (AvgIpc) is 2.91. The van der Waals surface area contributed by atoms with Crippen LogP contribution in [0.5, 0.6) is 5.75 Å². The standard InChI is InChI=1S/C16H23NO2/c1-9-4-5-14(18)16-13(8-10(2)15(9)16)17-12-6-7-19-11(12)3/h4-5,10-13,17-18H,6-8H2,1-3H3. The molecule has 0 aromatic heterocycles. The molecule has 4 atom stereocenters. The van der Waals surface area contributed by atoms with Gasteiger partial charge >= 0.3 is 0 Å². The van der Waals surface area contributed by atoms with Gasteiger partial charge in [0.05, 0.1) is 6.10 Å². The molecule has 0 amide bonds. The van der Waals surface area contributed by atoms with Crippen molar-refractivity contribution in [2.45, 2.75) is 57.7 Å². The molecule has 19 heavy (non-hydrogen) atoms. The van der Waals surface area contributed by atoms with Crippen molar-refractivity contribution in [1.29, 1.82) is 0 Å². The van der Waals surface area contributed by atoms with Crippen LogP contribution in [0.4, 0.5) is 0 Å². The first-order valence-corrected chi connectivity index (χ1v) is 7.28. The summed E-state index contributed by atoms with van der Waals surface area (Å²) in [5, 5.41) is 13.9. The van der Waals surface area contributed by atoms with Gasteiger partial charge in [-0.1, -0.05) is 13.0 Å². The SMILES string of the molecule is Cc1ccc(O)c2c1C(C)CC2NC1CCOC1C. The molecule has 104 valence electrons. The van der Waals surface area contributed by atoms with E-state index in [1.165, 1.54) is 11.1 Å². The number of rotatable bonds is 2. The summed E-state index contributed by atoms with van der Waals surface area (Å²) >= 11 is 0. The lowest BCUT2D eigenvalue weighted by molar-refractivity contribution is 0.110. The van der Waals surface area contributed by atoms with Crippen molar-refractivity contribution in [2.75, 3.05) is 6.61 Å². The number of aromatic hydroxyl groups is 1. The van der Waals surface area contributed by atoms with Crippen molar-refractivity contribution in [3.8, 4) is 5.75 Å².